The van der Waals surface area contributed by atoms with Gasteiger partial charge in [0, 0.05) is 37.3 Å². The summed E-state index contributed by atoms with van der Waals surface area (Å²) in [5.74, 6) is -4.57. The minimum atomic E-state index is -4.95. The van der Waals surface area contributed by atoms with Crippen molar-refractivity contribution in [3.05, 3.63) is 17.7 Å². The lowest BCUT2D eigenvalue weighted by Crippen LogP contribution is -2.64. The number of Topliss-reactive ketones (excluding diaryl/α,β-unsaturated/α-hetero) is 1. The van der Waals surface area contributed by atoms with Crippen LogP contribution in [0.2, 0.25) is 0 Å². The van der Waals surface area contributed by atoms with Gasteiger partial charge in [0.05, 0.1) is 30.4 Å². The maximum atomic E-state index is 13.2. The summed E-state index contributed by atoms with van der Waals surface area (Å²) in [6, 6.07) is -1.20. The SMILES string of the molecule is NCCCNCc1cnn(C[C@@H]2[C@H](CC(=O)/C(=N\OC3(C(=O)O)CC3)c3nsc(N)n3)C(=O)N2S(=O)(=O)O)n1. The summed E-state index contributed by atoms with van der Waals surface area (Å²) in [6.07, 6.45) is 1.98. The van der Waals surface area contributed by atoms with E-state index in [0.717, 1.165) is 22.7 Å². The standard InChI is InChI=1S/C19H26N10O8S2/c20-4-1-5-22-7-10-8-23-28(25-10)9-12-11(16(31)29(12)39(34,35)36)6-13(30)14(15-24-18(21)38-27-15)26-37-19(2-3-19)17(32)33/h8,11-12,22H,1-7,9,20H2,(H,32,33)(H2,21,24,27)(H,34,35,36)/b26-14+/t11-,12+/m0/s1. The first-order chi connectivity index (χ1) is 18.4. The Labute approximate surface area is 225 Å². The molecule has 1 aliphatic carbocycles. The molecule has 0 spiro atoms. The number of nitrogens with zero attached hydrogens (tertiary/aromatic N) is 7. The van der Waals surface area contributed by atoms with Gasteiger partial charge in [-0.3, -0.25) is 14.1 Å². The minimum absolute atomic E-state index is 0.00176. The molecule has 212 valence electrons. The van der Waals surface area contributed by atoms with E-state index in [1.807, 2.05) is 0 Å². The number of β-lactam (4-membered cyclic amide) rings is 1. The molecule has 3 heterocycles. The lowest BCUT2D eigenvalue weighted by atomic mass is 9.85. The van der Waals surface area contributed by atoms with E-state index in [-0.39, 0.29) is 34.6 Å². The van der Waals surface area contributed by atoms with Crippen LogP contribution >= 0.6 is 11.5 Å². The molecule has 1 amide bonds. The zero-order valence-electron chi connectivity index (χ0n) is 20.3. The number of aliphatic carboxylic acids is 1. The normalized spacial score (nSPS) is 20.5. The second-order valence-electron chi connectivity index (χ2n) is 8.91. The monoisotopic (exact) mass is 586 g/mol. The smallest absolute Gasteiger partial charge is 0.362 e. The lowest BCUT2D eigenvalue weighted by molar-refractivity contribution is -0.153. The quantitative estimate of drug-likeness (QED) is 0.0486. The van der Waals surface area contributed by atoms with Gasteiger partial charge in [-0.15, -0.1) is 0 Å². The van der Waals surface area contributed by atoms with E-state index in [4.69, 9.17) is 16.3 Å². The Bertz CT molecular complexity index is 1390. The van der Waals surface area contributed by atoms with Crippen molar-refractivity contribution < 1.29 is 37.3 Å². The lowest BCUT2D eigenvalue weighted by Gasteiger charge is -2.43. The number of nitrogen functional groups attached to an aromatic ring is 1. The minimum Gasteiger partial charge on any atom is -0.478 e. The van der Waals surface area contributed by atoms with Crippen LogP contribution in [0.15, 0.2) is 11.4 Å². The molecule has 2 atom stereocenters. The van der Waals surface area contributed by atoms with Crippen molar-refractivity contribution in [1.82, 2.24) is 34.0 Å². The zero-order valence-corrected chi connectivity index (χ0v) is 22.0. The zero-order chi connectivity index (χ0) is 28.4. The number of rotatable bonds is 15. The third-order valence-electron chi connectivity index (χ3n) is 6.08. The number of hydrogen-bond acceptors (Lipinski definition) is 15. The average molecular weight is 587 g/mol. The number of carbonyl (C=O) groups excluding carboxylic acids is 2. The van der Waals surface area contributed by atoms with Gasteiger partial charge in [-0.05, 0) is 19.5 Å². The molecule has 2 aromatic heterocycles. The summed E-state index contributed by atoms with van der Waals surface area (Å²) in [5.41, 5.74) is 9.54. The van der Waals surface area contributed by atoms with E-state index in [1.165, 1.54) is 6.20 Å². The number of aromatic nitrogens is 5. The van der Waals surface area contributed by atoms with E-state index >= 15 is 0 Å². The van der Waals surface area contributed by atoms with Crippen LogP contribution in [0.4, 0.5) is 5.13 Å². The first kappa shape index (κ1) is 28.4. The van der Waals surface area contributed by atoms with Crippen LogP contribution in [-0.4, -0.2) is 94.8 Å². The Morgan fingerprint density at radius 2 is 2.10 bits per heavy atom. The molecule has 0 aromatic carbocycles. The van der Waals surface area contributed by atoms with Crippen molar-refractivity contribution in [2.24, 2.45) is 16.8 Å². The molecule has 7 N–H and O–H groups in total. The molecule has 0 bridgehead atoms. The van der Waals surface area contributed by atoms with Gasteiger partial charge in [0.2, 0.25) is 17.3 Å². The first-order valence-corrected chi connectivity index (χ1v) is 13.8. The summed E-state index contributed by atoms with van der Waals surface area (Å²) < 4.78 is 37.5. The maximum Gasteiger partial charge on any atom is 0.362 e. The van der Waals surface area contributed by atoms with Crippen LogP contribution in [-0.2, 0) is 42.6 Å². The second kappa shape index (κ2) is 11.3. The number of carbonyl (C=O) groups is 3. The molecule has 0 unspecified atom stereocenters. The Morgan fingerprint density at radius 1 is 1.36 bits per heavy atom. The Balaban J connectivity index is 1.51. The van der Waals surface area contributed by atoms with E-state index in [2.05, 4.69) is 30.0 Å². The molecule has 4 rings (SSSR count). The highest BCUT2D eigenvalue weighted by Gasteiger charge is 2.56. The molecule has 0 radical (unpaired) electrons. The number of nitrogens with one attached hydrogen (secondary N) is 1. The number of amides is 1. The number of carboxylic acid groups (broad SMARTS) is 1. The number of ketones is 1. The average Bonchev–Trinajstić information content (AvgIpc) is 3.33. The molecule has 1 saturated carbocycles. The van der Waals surface area contributed by atoms with Crippen molar-refractivity contribution in [3.63, 3.8) is 0 Å². The number of hydrogen-bond donors (Lipinski definition) is 5. The third kappa shape index (κ3) is 6.36. The third-order valence-corrected chi connectivity index (χ3v) is 7.57. The predicted molar refractivity (Wildman–Crippen MR) is 132 cm³/mol. The molecule has 1 saturated heterocycles. The summed E-state index contributed by atoms with van der Waals surface area (Å²) in [6.45, 7) is 1.29. The van der Waals surface area contributed by atoms with Gasteiger partial charge in [0.25, 0.3) is 0 Å². The van der Waals surface area contributed by atoms with Crippen molar-refractivity contribution >= 4 is 50.3 Å². The highest BCUT2D eigenvalue weighted by molar-refractivity contribution is 7.84. The van der Waals surface area contributed by atoms with Gasteiger partial charge in [-0.1, -0.05) is 5.16 Å². The summed E-state index contributed by atoms with van der Waals surface area (Å²) in [4.78, 5) is 47.5. The van der Waals surface area contributed by atoms with Gasteiger partial charge >= 0.3 is 16.3 Å². The number of carboxylic acids is 1. The van der Waals surface area contributed by atoms with E-state index in [1.54, 1.807) is 0 Å². The topological polar surface area (TPSA) is 271 Å². The highest BCUT2D eigenvalue weighted by Crippen LogP contribution is 2.40. The number of anilines is 1. The Morgan fingerprint density at radius 3 is 2.69 bits per heavy atom. The number of oxime groups is 1. The van der Waals surface area contributed by atoms with Crippen molar-refractivity contribution in [2.45, 2.75) is 50.4 Å². The first-order valence-electron chi connectivity index (χ1n) is 11.7. The van der Waals surface area contributed by atoms with E-state index in [0.29, 0.717) is 25.3 Å². The van der Waals surface area contributed by atoms with Crippen LogP contribution in [0.3, 0.4) is 0 Å². The Kier molecular flexibility index (Phi) is 8.20. The van der Waals surface area contributed by atoms with Crippen LogP contribution in [0.25, 0.3) is 0 Å². The van der Waals surface area contributed by atoms with Crippen LogP contribution in [0, 0.1) is 5.92 Å². The van der Waals surface area contributed by atoms with E-state index < -0.39 is 57.7 Å². The van der Waals surface area contributed by atoms with Gasteiger partial charge < -0.3 is 26.7 Å². The van der Waals surface area contributed by atoms with Crippen molar-refractivity contribution in [1.29, 1.82) is 0 Å². The number of nitrogens with two attached hydrogens (primary N) is 2. The molecule has 20 heteroatoms. The fourth-order valence-corrected chi connectivity index (χ4v) is 5.18. The van der Waals surface area contributed by atoms with Crippen molar-refractivity contribution in [2.75, 3.05) is 18.8 Å². The molecular formula is C19H26N10O8S2. The largest absolute Gasteiger partial charge is 0.478 e. The molecular weight excluding hydrogens is 560 g/mol. The molecule has 39 heavy (non-hydrogen) atoms. The van der Waals surface area contributed by atoms with E-state index in [9.17, 15) is 32.5 Å². The summed E-state index contributed by atoms with van der Waals surface area (Å²) in [5, 5.41) is 24.4. The predicted octanol–water partition coefficient (Wildman–Crippen LogP) is -2.22. The van der Waals surface area contributed by atoms with Gasteiger partial charge in [-0.2, -0.15) is 32.8 Å². The van der Waals surface area contributed by atoms with Gasteiger partial charge in [0.1, 0.15) is 0 Å². The Hall–Kier alpha value is -3.59. The summed E-state index contributed by atoms with van der Waals surface area (Å²) >= 11 is 0.754. The van der Waals surface area contributed by atoms with Gasteiger partial charge in [0.15, 0.2) is 16.6 Å². The maximum absolute atomic E-state index is 13.2. The second-order valence-corrected chi connectivity index (χ2v) is 11.0. The van der Waals surface area contributed by atoms with Crippen LogP contribution in [0.5, 0.6) is 0 Å². The molecule has 2 aromatic rings. The summed E-state index contributed by atoms with van der Waals surface area (Å²) in [7, 11) is -4.95. The van der Waals surface area contributed by atoms with Gasteiger partial charge in [-0.25, -0.2) is 9.10 Å². The molecule has 2 aliphatic rings. The molecule has 2 fully saturated rings. The fraction of sp³-hybridized carbons (Fsp3) is 0.579. The van der Waals surface area contributed by atoms with Crippen LogP contribution < -0.4 is 16.8 Å². The molecule has 1 aliphatic heterocycles. The van der Waals surface area contributed by atoms with Crippen molar-refractivity contribution in [3.8, 4) is 0 Å². The van der Waals surface area contributed by atoms with Crippen LogP contribution in [0.1, 0.15) is 37.2 Å². The highest BCUT2D eigenvalue weighted by atomic mass is 32.2. The molecule has 18 nitrogen and oxygen atoms in total. The fourth-order valence-electron chi connectivity index (χ4n) is 3.83.